The van der Waals surface area contributed by atoms with Crippen LogP contribution in [0.4, 0.5) is 0 Å². The standard InChI is InChI=1S/C10H17N3OS/c1-13(2)5-3-4-8(11)10(14)9-6-12-7-15-9/h6-8H,3-5,11H2,1-2H3. The topological polar surface area (TPSA) is 59.2 Å². The lowest BCUT2D eigenvalue weighted by Crippen LogP contribution is -2.31. The molecule has 84 valence electrons. The Morgan fingerprint density at radius 3 is 2.93 bits per heavy atom. The molecular formula is C10H17N3OS. The summed E-state index contributed by atoms with van der Waals surface area (Å²) in [4.78, 5) is 18.3. The Morgan fingerprint density at radius 2 is 2.40 bits per heavy atom. The first-order chi connectivity index (χ1) is 7.11. The average Bonchev–Trinajstić information content (AvgIpc) is 2.68. The van der Waals surface area contributed by atoms with Gasteiger partial charge in [0.1, 0.15) is 0 Å². The summed E-state index contributed by atoms with van der Waals surface area (Å²) in [5.41, 5.74) is 7.46. The Bertz CT molecular complexity index is 298. The number of nitrogens with two attached hydrogens (primary N) is 1. The molecule has 0 aromatic carbocycles. The van der Waals surface area contributed by atoms with Crippen LogP contribution in [0.15, 0.2) is 11.7 Å². The molecular weight excluding hydrogens is 210 g/mol. The molecule has 0 aliphatic heterocycles. The molecule has 0 radical (unpaired) electrons. The summed E-state index contributed by atoms with van der Waals surface area (Å²) in [6.45, 7) is 0.962. The molecule has 1 aromatic rings. The quantitative estimate of drug-likeness (QED) is 0.736. The molecule has 0 amide bonds. The zero-order valence-corrected chi connectivity index (χ0v) is 9.96. The second-order valence-corrected chi connectivity index (χ2v) is 4.67. The first kappa shape index (κ1) is 12.3. The Morgan fingerprint density at radius 1 is 1.67 bits per heavy atom. The van der Waals surface area contributed by atoms with Crippen LogP contribution in [-0.4, -0.2) is 42.3 Å². The third-order valence-corrected chi connectivity index (χ3v) is 2.92. The predicted octanol–water partition coefficient (Wildman–Crippen LogP) is 0.995. The highest BCUT2D eigenvalue weighted by atomic mass is 32.1. The lowest BCUT2D eigenvalue weighted by atomic mass is 10.1. The van der Waals surface area contributed by atoms with Gasteiger partial charge in [0.05, 0.1) is 16.4 Å². The van der Waals surface area contributed by atoms with E-state index in [1.54, 1.807) is 11.7 Å². The van der Waals surface area contributed by atoms with Crippen LogP contribution in [0.5, 0.6) is 0 Å². The normalized spacial score (nSPS) is 13.1. The van der Waals surface area contributed by atoms with Crippen molar-refractivity contribution in [3.8, 4) is 0 Å². The van der Waals surface area contributed by atoms with Gasteiger partial charge in [0, 0.05) is 6.20 Å². The largest absolute Gasteiger partial charge is 0.321 e. The van der Waals surface area contributed by atoms with E-state index in [9.17, 15) is 4.79 Å². The van der Waals surface area contributed by atoms with Crippen molar-refractivity contribution in [3.63, 3.8) is 0 Å². The van der Waals surface area contributed by atoms with Crippen molar-refractivity contribution >= 4 is 17.1 Å². The molecule has 0 saturated heterocycles. The maximum absolute atomic E-state index is 11.7. The van der Waals surface area contributed by atoms with E-state index in [1.807, 2.05) is 14.1 Å². The van der Waals surface area contributed by atoms with Gasteiger partial charge in [-0.3, -0.25) is 9.78 Å². The van der Waals surface area contributed by atoms with Crippen molar-refractivity contribution in [1.29, 1.82) is 0 Å². The molecule has 1 aromatic heterocycles. The van der Waals surface area contributed by atoms with Gasteiger partial charge in [0.25, 0.3) is 0 Å². The highest BCUT2D eigenvalue weighted by Crippen LogP contribution is 2.10. The van der Waals surface area contributed by atoms with E-state index >= 15 is 0 Å². The van der Waals surface area contributed by atoms with Gasteiger partial charge in [-0.2, -0.15) is 0 Å². The Balaban J connectivity index is 2.34. The molecule has 0 spiro atoms. The Labute approximate surface area is 94.1 Å². The number of nitrogens with zero attached hydrogens (tertiary/aromatic N) is 2. The van der Waals surface area contributed by atoms with Crippen LogP contribution in [0.2, 0.25) is 0 Å². The van der Waals surface area contributed by atoms with Crippen LogP contribution in [0.25, 0.3) is 0 Å². The number of aromatic nitrogens is 1. The fourth-order valence-electron chi connectivity index (χ4n) is 1.28. The van der Waals surface area contributed by atoms with E-state index < -0.39 is 0 Å². The minimum atomic E-state index is -0.384. The molecule has 1 heterocycles. The van der Waals surface area contributed by atoms with E-state index in [0.717, 1.165) is 19.4 Å². The Hall–Kier alpha value is -0.780. The molecule has 1 rings (SSSR count). The maximum Gasteiger partial charge on any atom is 0.191 e. The molecule has 4 nitrogen and oxygen atoms in total. The number of Topliss-reactive ketones (excluding diaryl/α,β-unsaturated/α-hetero) is 1. The monoisotopic (exact) mass is 227 g/mol. The van der Waals surface area contributed by atoms with Crippen LogP contribution in [0.1, 0.15) is 22.5 Å². The van der Waals surface area contributed by atoms with Crippen LogP contribution in [0, 0.1) is 0 Å². The number of hydrogen-bond acceptors (Lipinski definition) is 5. The number of carbonyl (C=O) groups is 1. The number of rotatable bonds is 6. The number of ketones is 1. The number of hydrogen-bond donors (Lipinski definition) is 1. The van der Waals surface area contributed by atoms with E-state index in [2.05, 4.69) is 9.88 Å². The molecule has 0 saturated carbocycles. The second-order valence-electron chi connectivity index (χ2n) is 3.78. The Kier molecular flexibility index (Phi) is 4.87. The van der Waals surface area contributed by atoms with Crippen molar-refractivity contribution in [1.82, 2.24) is 9.88 Å². The molecule has 0 aliphatic rings. The fourth-order valence-corrected chi connectivity index (χ4v) is 1.90. The van der Waals surface area contributed by atoms with Gasteiger partial charge in [0.2, 0.25) is 0 Å². The molecule has 5 heteroatoms. The van der Waals surface area contributed by atoms with Gasteiger partial charge >= 0.3 is 0 Å². The summed E-state index contributed by atoms with van der Waals surface area (Å²) in [6, 6.07) is -0.384. The SMILES string of the molecule is CN(C)CCCC(N)C(=O)c1cncs1. The summed E-state index contributed by atoms with van der Waals surface area (Å²) >= 11 is 1.35. The summed E-state index contributed by atoms with van der Waals surface area (Å²) in [5.74, 6) is 0.0104. The van der Waals surface area contributed by atoms with Crippen molar-refractivity contribution in [2.24, 2.45) is 5.73 Å². The smallest absolute Gasteiger partial charge is 0.191 e. The lowest BCUT2D eigenvalue weighted by Gasteiger charge is -2.12. The third kappa shape index (κ3) is 4.07. The van der Waals surface area contributed by atoms with Gasteiger partial charge < -0.3 is 10.6 Å². The summed E-state index contributed by atoms with van der Waals surface area (Å²) in [5, 5.41) is 0. The van der Waals surface area contributed by atoms with Gasteiger partial charge in [-0.15, -0.1) is 11.3 Å². The highest BCUT2D eigenvalue weighted by molar-refractivity contribution is 7.11. The molecule has 0 bridgehead atoms. The van der Waals surface area contributed by atoms with Crippen molar-refractivity contribution in [3.05, 3.63) is 16.6 Å². The highest BCUT2D eigenvalue weighted by Gasteiger charge is 2.16. The lowest BCUT2D eigenvalue weighted by molar-refractivity contribution is 0.0959. The molecule has 1 atom stereocenters. The first-order valence-electron chi connectivity index (χ1n) is 4.94. The average molecular weight is 227 g/mol. The second kappa shape index (κ2) is 5.95. The first-order valence-corrected chi connectivity index (χ1v) is 5.82. The summed E-state index contributed by atoms with van der Waals surface area (Å²) in [6.07, 6.45) is 3.26. The minimum absolute atomic E-state index is 0.0104. The third-order valence-electron chi connectivity index (χ3n) is 2.13. The van der Waals surface area contributed by atoms with Crippen LogP contribution in [0.3, 0.4) is 0 Å². The van der Waals surface area contributed by atoms with Crippen LogP contribution in [-0.2, 0) is 0 Å². The van der Waals surface area contributed by atoms with Crippen LogP contribution >= 0.6 is 11.3 Å². The van der Waals surface area contributed by atoms with Gasteiger partial charge in [-0.25, -0.2) is 0 Å². The van der Waals surface area contributed by atoms with E-state index in [1.165, 1.54) is 11.3 Å². The maximum atomic E-state index is 11.7. The minimum Gasteiger partial charge on any atom is -0.321 e. The molecule has 2 N–H and O–H groups in total. The van der Waals surface area contributed by atoms with Crippen molar-refractivity contribution in [2.45, 2.75) is 18.9 Å². The number of carbonyl (C=O) groups excluding carboxylic acids is 1. The zero-order chi connectivity index (χ0) is 11.3. The summed E-state index contributed by atoms with van der Waals surface area (Å²) < 4.78 is 0. The van der Waals surface area contributed by atoms with Crippen molar-refractivity contribution in [2.75, 3.05) is 20.6 Å². The van der Waals surface area contributed by atoms with Gasteiger partial charge in [-0.05, 0) is 33.5 Å². The fraction of sp³-hybridized carbons (Fsp3) is 0.600. The predicted molar refractivity (Wildman–Crippen MR) is 62.2 cm³/mol. The molecule has 15 heavy (non-hydrogen) atoms. The van der Waals surface area contributed by atoms with Crippen LogP contribution < -0.4 is 5.73 Å². The molecule has 0 fully saturated rings. The van der Waals surface area contributed by atoms with E-state index in [0.29, 0.717) is 4.88 Å². The van der Waals surface area contributed by atoms with E-state index in [-0.39, 0.29) is 11.8 Å². The zero-order valence-electron chi connectivity index (χ0n) is 9.14. The molecule has 0 aliphatic carbocycles. The van der Waals surface area contributed by atoms with Crippen molar-refractivity contribution < 1.29 is 4.79 Å². The number of thiazole rings is 1. The van der Waals surface area contributed by atoms with Gasteiger partial charge in [0.15, 0.2) is 5.78 Å². The summed E-state index contributed by atoms with van der Waals surface area (Å²) in [7, 11) is 4.02. The molecule has 1 unspecified atom stereocenters. The van der Waals surface area contributed by atoms with Gasteiger partial charge in [-0.1, -0.05) is 0 Å². The van der Waals surface area contributed by atoms with E-state index in [4.69, 9.17) is 5.73 Å².